The van der Waals surface area contributed by atoms with E-state index in [9.17, 15) is 19.2 Å². The topological polar surface area (TPSA) is 73.5 Å². The standard InChI is InChI=1S/C21H19Cl2FN2O4/c1-12(2)17-19(13-6-8-15(22)9-7-13)25(21(28)26(29)20(17)27)11-30-10-14-4-3-5-16(23)18(14)24/h3-9,12,29H,10-11H2,1-2H3. The molecule has 0 aliphatic heterocycles. The van der Waals surface area contributed by atoms with E-state index in [1.807, 2.05) is 0 Å². The van der Waals surface area contributed by atoms with Crippen molar-refractivity contribution in [3.63, 3.8) is 0 Å². The lowest BCUT2D eigenvalue weighted by molar-refractivity contribution is 0.0516. The zero-order valence-corrected chi connectivity index (χ0v) is 17.7. The van der Waals surface area contributed by atoms with E-state index >= 15 is 0 Å². The van der Waals surface area contributed by atoms with Crippen molar-refractivity contribution in [3.8, 4) is 11.3 Å². The van der Waals surface area contributed by atoms with Crippen LogP contribution in [0.5, 0.6) is 0 Å². The van der Waals surface area contributed by atoms with Crippen molar-refractivity contribution in [2.45, 2.75) is 33.1 Å². The minimum Gasteiger partial charge on any atom is -0.421 e. The molecule has 30 heavy (non-hydrogen) atoms. The number of benzene rings is 2. The van der Waals surface area contributed by atoms with Gasteiger partial charge in [0.15, 0.2) is 0 Å². The number of hydrogen-bond donors (Lipinski definition) is 1. The summed E-state index contributed by atoms with van der Waals surface area (Å²) in [5.74, 6) is -0.918. The van der Waals surface area contributed by atoms with Gasteiger partial charge in [-0.3, -0.25) is 9.36 Å². The molecule has 3 rings (SSSR count). The van der Waals surface area contributed by atoms with Crippen LogP contribution in [0.3, 0.4) is 0 Å². The van der Waals surface area contributed by atoms with Gasteiger partial charge in [-0.2, -0.15) is 0 Å². The van der Waals surface area contributed by atoms with Crippen LogP contribution >= 0.6 is 23.2 Å². The quantitative estimate of drug-likeness (QED) is 0.552. The van der Waals surface area contributed by atoms with Crippen LogP contribution < -0.4 is 11.2 Å². The van der Waals surface area contributed by atoms with Crippen LogP contribution in [-0.2, 0) is 18.1 Å². The predicted molar refractivity (Wildman–Crippen MR) is 113 cm³/mol. The van der Waals surface area contributed by atoms with Gasteiger partial charge in [0.2, 0.25) is 0 Å². The largest absolute Gasteiger partial charge is 0.421 e. The Morgan fingerprint density at radius 2 is 1.77 bits per heavy atom. The molecule has 0 aliphatic carbocycles. The van der Waals surface area contributed by atoms with Gasteiger partial charge >= 0.3 is 5.69 Å². The van der Waals surface area contributed by atoms with Gasteiger partial charge in [-0.25, -0.2) is 9.18 Å². The first-order chi connectivity index (χ1) is 14.2. The molecule has 9 heteroatoms. The van der Waals surface area contributed by atoms with Crippen LogP contribution in [0.2, 0.25) is 10.0 Å². The van der Waals surface area contributed by atoms with Gasteiger partial charge in [0.1, 0.15) is 12.5 Å². The van der Waals surface area contributed by atoms with E-state index in [1.165, 1.54) is 12.1 Å². The molecule has 0 fully saturated rings. The summed E-state index contributed by atoms with van der Waals surface area (Å²) in [6.45, 7) is 3.05. The molecule has 0 saturated carbocycles. The highest BCUT2D eigenvalue weighted by Crippen LogP contribution is 2.27. The molecule has 6 nitrogen and oxygen atoms in total. The number of nitrogens with zero attached hydrogens (tertiary/aromatic N) is 2. The van der Waals surface area contributed by atoms with Crippen LogP contribution in [0.25, 0.3) is 11.3 Å². The molecule has 1 N–H and O–H groups in total. The number of rotatable bonds is 6. The smallest absolute Gasteiger partial charge is 0.366 e. The van der Waals surface area contributed by atoms with Crippen LogP contribution in [0.4, 0.5) is 4.39 Å². The summed E-state index contributed by atoms with van der Waals surface area (Å²) in [6.07, 6.45) is 0. The monoisotopic (exact) mass is 452 g/mol. The lowest BCUT2D eigenvalue weighted by Crippen LogP contribution is -2.42. The Morgan fingerprint density at radius 3 is 2.40 bits per heavy atom. The maximum absolute atomic E-state index is 14.1. The van der Waals surface area contributed by atoms with Crippen molar-refractivity contribution < 1.29 is 14.3 Å². The minimum atomic E-state index is -0.971. The van der Waals surface area contributed by atoms with Gasteiger partial charge in [0.25, 0.3) is 5.56 Å². The highest BCUT2D eigenvalue weighted by molar-refractivity contribution is 6.31. The third kappa shape index (κ3) is 4.28. The molecular formula is C21H19Cl2FN2O4. The molecule has 0 spiro atoms. The first kappa shape index (κ1) is 22.1. The van der Waals surface area contributed by atoms with Gasteiger partial charge in [-0.15, -0.1) is 0 Å². The Hall–Kier alpha value is -2.61. The molecule has 2 aromatic carbocycles. The van der Waals surface area contributed by atoms with Crippen LogP contribution in [0.1, 0.15) is 30.9 Å². The maximum Gasteiger partial charge on any atom is 0.366 e. The summed E-state index contributed by atoms with van der Waals surface area (Å²) in [4.78, 5) is 25.3. The molecule has 158 valence electrons. The summed E-state index contributed by atoms with van der Waals surface area (Å²) in [6, 6.07) is 11.1. The second-order valence-corrected chi connectivity index (χ2v) is 7.79. The summed E-state index contributed by atoms with van der Waals surface area (Å²) in [7, 11) is 0. The van der Waals surface area contributed by atoms with Gasteiger partial charge in [-0.1, -0.05) is 66.0 Å². The zero-order valence-electron chi connectivity index (χ0n) is 16.2. The Bertz CT molecular complexity index is 1190. The van der Waals surface area contributed by atoms with Crippen molar-refractivity contribution >= 4 is 23.2 Å². The molecular weight excluding hydrogens is 434 g/mol. The third-order valence-corrected chi connectivity index (χ3v) is 5.11. The Balaban J connectivity index is 2.08. The van der Waals surface area contributed by atoms with E-state index < -0.39 is 17.1 Å². The fraction of sp³-hybridized carbons (Fsp3) is 0.238. The normalized spacial score (nSPS) is 11.3. The summed E-state index contributed by atoms with van der Waals surface area (Å²) < 4.78 is 20.8. The Labute approximate surface area is 181 Å². The minimum absolute atomic E-state index is 0.0406. The zero-order chi connectivity index (χ0) is 22.0. The van der Waals surface area contributed by atoms with E-state index in [4.69, 9.17) is 27.9 Å². The van der Waals surface area contributed by atoms with Crippen LogP contribution in [-0.4, -0.2) is 14.5 Å². The molecule has 0 aliphatic rings. The van der Waals surface area contributed by atoms with Crippen LogP contribution in [0, 0.1) is 5.82 Å². The predicted octanol–water partition coefficient (Wildman–Crippen LogP) is 4.66. The highest BCUT2D eigenvalue weighted by atomic mass is 35.5. The fourth-order valence-corrected chi connectivity index (χ4v) is 3.44. The lowest BCUT2D eigenvalue weighted by atomic mass is 9.98. The van der Waals surface area contributed by atoms with E-state index in [0.29, 0.717) is 16.3 Å². The fourth-order valence-electron chi connectivity index (χ4n) is 3.12. The van der Waals surface area contributed by atoms with Gasteiger partial charge in [0.05, 0.1) is 17.3 Å². The average Bonchev–Trinajstić information content (AvgIpc) is 2.71. The molecule has 0 radical (unpaired) electrons. The first-order valence-electron chi connectivity index (χ1n) is 9.08. The van der Waals surface area contributed by atoms with E-state index in [0.717, 1.165) is 4.57 Å². The van der Waals surface area contributed by atoms with E-state index in [2.05, 4.69) is 0 Å². The molecule has 0 atom stereocenters. The molecule has 0 amide bonds. The summed E-state index contributed by atoms with van der Waals surface area (Å²) in [5, 5.41) is 10.5. The molecule has 0 saturated heterocycles. The Kier molecular flexibility index (Phi) is 6.65. The van der Waals surface area contributed by atoms with Crippen LogP contribution in [0.15, 0.2) is 52.1 Å². The first-order valence-corrected chi connectivity index (χ1v) is 9.83. The third-order valence-electron chi connectivity index (χ3n) is 4.56. The second kappa shape index (κ2) is 9.04. The number of ether oxygens (including phenoxy) is 1. The van der Waals surface area contributed by atoms with Crippen molar-refractivity contribution in [1.29, 1.82) is 0 Å². The van der Waals surface area contributed by atoms with Gasteiger partial charge < -0.3 is 9.94 Å². The molecule has 3 aromatic rings. The Morgan fingerprint density at radius 1 is 1.10 bits per heavy atom. The second-order valence-electron chi connectivity index (χ2n) is 6.94. The van der Waals surface area contributed by atoms with E-state index in [-0.39, 0.29) is 40.1 Å². The number of halogens is 3. The molecule has 0 bridgehead atoms. The highest BCUT2D eigenvalue weighted by Gasteiger charge is 2.22. The summed E-state index contributed by atoms with van der Waals surface area (Å²) >= 11 is 11.7. The molecule has 0 unspecified atom stereocenters. The van der Waals surface area contributed by atoms with Gasteiger partial charge in [0, 0.05) is 16.1 Å². The molecule has 1 aromatic heterocycles. The average molecular weight is 453 g/mol. The SMILES string of the molecule is CC(C)c1c(-c2ccc(Cl)cc2)n(COCc2cccc(Cl)c2F)c(=O)n(O)c1=O. The van der Waals surface area contributed by atoms with Crippen molar-refractivity contribution in [2.75, 3.05) is 0 Å². The molecule has 1 heterocycles. The maximum atomic E-state index is 14.1. The summed E-state index contributed by atoms with van der Waals surface area (Å²) in [5.41, 5.74) is -0.482. The van der Waals surface area contributed by atoms with Crippen molar-refractivity contribution in [1.82, 2.24) is 9.30 Å². The number of aromatic nitrogens is 2. The van der Waals surface area contributed by atoms with E-state index in [1.54, 1.807) is 44.2 Å². The lowest BCUT2D eigenvalue weighted by Gasteiger charge is -2.19. The van der Waals surface area contributed by atoms with Crippen molar-refractivity contribution in [3.05, 3.63) is 90.3 Å². The van der Waals surface area contributed by atoms with Gasteiger partial charge in [-0.05, 0) is 29.7 Å². The number of hydrogen-bond acceptors (Lipinski definition) is 4. The van der Waals surface area contributed by atoms with Crippen molar-refractivity contribution in [2.24, 2.45) is 0 Å².